The van der Waals surface area contributed by atoms with Crippen molar-refractivity contribution in [3.05, 3.63) is 59.9 Å². The van der Waals surface area contributed by atoms with Crippen molar-refractivity contribution in [3.63, 3.8) is 0 Å². The number of rotatable bonds is 3. The van der Waals surface area contributed by atoms with Gasteiger partial charge in [0.15, 0.2) is 0 Å². The molecule has 2 N–H and O–H groups in total. The molecule has 0 atom stereocenters. The Bertz CT molecular complexity index is 592. The van der Waals surface area contributed by atoms with E-state index in [4.69, 9.17) is 0 Å². The highest BCUT2D eigenvalue weighted by Crippen LogP contribution is 2.10. The van der Waals surface area contributed by atoms with E-state index >= 15 is 0 Å². The van der Waals surface area contributed by atoms with Gasteiger partial charge in [0.2, 0.25) is 0 Å². The van der Waals surface area contributed by atoms with Crippen molar-refractivity contribution in [3.8, 4) is 5.75 Å². The van der Waals surface area contributed by atoms with Crippen LogP contribution < -0.4 is 5.43 Å². The summed E-state index contributed by atoms with van der Waals surface area (Å²) in [6.45, 7) is 1.77. The standard InChI is InChI=1S/C14H13N3O2/c1-10(11-5-7-12(18)8-6-11)16-17-14(19)13-4-2-3-9-15-13/h2-9,18H,1H3,(H,17,19)/b16-10-. The molecule has 2 rings (SSSR count). The van der Waals surface area contributed by atoms with Crippen LogP contribution in [0.25, 0.3) is 0 Å². The fourth-order valence-electron chi connectivity index (χ4n) is 1.46. The van der Waals surface area contributed by atoms with Crippen LogP contribution in [0.5, 0.6) is 5.75 Å². The number of carbonyl (C=O) groups excluding carboxylic acids is 1. The molecule has 0 saturated carbocycles. The second kappa shape index (κ2) is 5.77. The Kier molecular flexibility index (Phi) is 3.87. The molecule has 1 heterocycles. The van der Waals surface area contributed by atoms with Crippen LogP contribution in [-0.4, -0.2) is 21.7 Å². The monoisotopic (exact) mass is 255 g/mol. The lowest BCUT2D eigenvalue weighted by atomic mass is 10.1. The van der Waals surface area contributed by atoms with Gasteiger partial charge < -0.3 is 5.11 Å². The summed E-state index contributed by atoms with van der Waals surface area (Å²) in [4.78, 5) is 15.6. The van der Waals surface area contributed by atoms with E-state index in [0.29, 0.717) is 11.4 Å². The number of hydrazone groups is 1. The van der Waals surface area contributed by atoms with Gasteiger partial charge >= 0.3 is 0 Å². The summed E-state index contributed by atoms with van der Waals surface area (Å²) in [5, 5.41) is 13.2. The highest BCUT2D eigenvalue weighted by atomic mass is 16.3. The van der Waals surface area contributed by atoms with Gasteiger partial charge in [-0.3, -0.25) is 9.78 Å². The van der Waals surface area contributed by atoms with Gasteiger partial charge in [-0.25, -0.2) is 5.43 Å². The third-order valence-electron chi connectivity index (χ3n) is 2.51. The Morgan fingerprint density at radius 3 is 2.58 bits per heavy atom. The Labute approximate surface area is 110 Å². The minimum Gasteiger partial charge on any atom is -0.508 e. The molecule has 0 bridgehead atoms. The zero-order chi connectivity index (χ0) is 13.7. The average molecular weight is 255 g/mol. The number of phenolic OH excluding ortho intramolecular Hbond substituents is 1. The molecule has 96 valence electrons. The summed E-state index contributed by atoms with van der Waals surface area (Å²) in [5.74, 6) is -0.173. The van der Waals surface area contributed by atoms with Gasteiger partial charge in [-0.05, 0) is 48.9 Å². The van der Waals surface area contributed by atoms with Crippen molar-refractivity contribution in [1.29, 1.82) is 0 Å². The highest BCUT2D eigenvalue weighted by Gasteiger charge is 2.05. The molecule has 5 nitrogen and oxygen atoms in total. The maximum atomic E-state index is 11.7. The molecule has 0 fully saturated rings. The normalized spacial score (nSPS) is 11.1. The predicted octanol–water partition coefficient (Wildman–Crippen LogP) is 1.94. The van der Waals surface area contributed by atoms with Crippen LogP contribution in [0.4, 0.5) is 0 Å². The lowest BCUT2D eigenvalue weighted by molar-refractivity contribution is 0.0950. The summed E-state index contributed by atoms with van der Waals surface area (Å²) in [6.07, 6.45) is 1.55. The minimum absolute atomic E-state index is 0.189. The number of hydrogen-bond acceptors (Lipinski definition) is 4. The Hall–Kier alpha value is -2.69. The summed E-state index contributed by atoms with van der Waals surface area (Å²) in [6, 6.07) is 11.7. The first-order valence-corrected chi connectivity index (χ1v) is 5.72. The second-order valence-electron chi connectivity index (χ2n) is 3.90. The van der Waals surface area contributed by atoms with E-state index in [-0.39, 0.29) is 11.7 Å². The molecule has 1 amide bonds. The lowest BCUT2D eigenvalue weighted by Crippen LogP contribution is -2.20. The zero-order valence-corrected chi connectivity index (χ0v) is 10.4. The second-order valence-corrected chi connectivity index (χ2v) is 3.90. The van der Waals surface area contributed by atoms with Gasteiger partial charge in [-0.1, -0.05) is 6.07 Å². The molecule has 0 radical (unpaired) electrons. The fraction of sp³-hybridized carbons (Fsp3) is 0.0714. The Morgan fingerprint density at radius 2 is 1.95 bits per heavy atom. The number of benzene rings is 1. The van der Waals surface area contributed by atoms with Crippen molar-refractivity contribution >= 4 is 11.6 Å². The molecule has 5 heteroatoms. The maximum absolute atomic E-state index is 11.7. The summed E-state index contributed by atoms with van der Waals surface area (Å²) < 4.78 is 0. The van der Waals surface area contributed by atoms with E-state index in [0.717, 1.165) is 5.56 Å². The number of carbonyl (C=O) groups is 1. The van der Waals surface area contributed by atoms with Crippen LogP contribution in [-0.2, 0) is 0 Å². The Balaban J connectivity index is 2.06. The van der Waals surface area contributed by atoms with Crippen molar-refractivity contribution < 1.29 is 9.90 Å². The molecule has 0 unspecified atom stereocenters. The van der Waals surface area contributed by atoms with Gasteiger partial charge in [0.25, 0.3) is 5.91 Å². The molecule has 0 spiro atoms. The van der Waals surface area contributed by atoms with Crippen molar-refractivity contribution in [2.45, 2.75) is 6.92 Å². The third kappa shape index (κ3) is 3.38. The first kappa shape index (κ1) is 12.8. The third-order valence-corrected chi connectivity index (χ3v) is 2.51. The number of hydrogen-bond donors (Lipinski definition) is 2. The predicted molar refractivity (Wildman–Crippen MR) is 72.0 cm³/mol. The first-order chi connectivity index (χ1) is 9.16. The number of pyridine rings is 1. The van der Waals surface area contributed by atoms with E-state index in [2.05, 4.69) is 15.5 Å². The largest absolute Gasteiger partial charge is 0.508 e. The SMILES string of the molecule is C/C(=N/NC(=O)c1ccccn1)c1ccc(O)cc1. The van der Waals surface area contributed by atoms with Crippen LogP contribution in [0, 0.1) is 0 Å². The minimum atomic E-state index is -0.362. The smallest absolute Gasteiger partial charge is 0.289 e. The molecule has 0 saturated heterocycles. The van der Waals surface area contributed by atoms with Crippen LogP contribution in [0.1, 0.15) is 23.0 Å². The summed E-state index contributed by atoms with van der Waals surface area (Å²) >= 11 is 0. The Morgan fingerprint density at radius 1 is 1.21 bits per heavy atom. The zero-order valence-electron chi connectivity index (χ0n) is 10.4. The molecule has 0 aliphatic rings. The fourth-order valence-corrected chi connectivity index (χ4v) is 1.46. The van der Waals surface area contributed by atoms with Crippen molar-refractivity contribution in [2.24, 2.45) is 5.10 Å². The number of nitrogens with one attached hydrogen (secondary N) is 1. The number of aromatic hydroxyl groups is 1. The van der Waals surface area contributed by atoms with Crippen LogP contribution in [0.3, 0.4) is 0 Å². The molecular formula is C14H13N3O2. The summed E-state index contributed by atoms with van der Waals surface area (Å²) in [5.41, 5.74) is 4.21. The van der Waals surface area contributed by atoms with Crippen LogP contribution in [0.15, 0.2) is 53.8 Å². The number of nitrogens with zero attached hydrogens (tertiary/aromatic N) is 2. The number of amides is 1. The quantitative estimate of drug-likeness (QED) is 0.650. The lowest BCUT2D eigenvalue weighted by Gasteiger charge is -2.02. The van der Waals surface area contributed by atoms with Gasteiger partial charge in [0, 0.05) is 6.20 Å². The van der Waals surface area contributed by atoms with Gasteiger partial charge in [-0.2, -0.15) is 5.10 Å². The molecule has 0 aliphatic carbocycles. The van der Waals surface area contributed by atoms with E-state index < -0.39 is 0 Å². The molecular weight excluding hydrogens is 242 g/mol. The highest BCUT2D eigenvalue weighted by molar-refractivity contribution is 6.00. The summed E-state index contributed by atoms with van der Waals surface area (Å²) in [7, 11) is 0. The number of phenols is 1. The number of aromatic nitrogens is 1. The van der Waals surface area contributed by atoms with Gasteiger partial charge in [-0.15, -0.1) is 0 Å². The average Bonchev–Trinajstić information content (AvgIpc) is 2.46. The molecule has 2 aromatic rings. The van der Waals surface area contributed by atoms with E-state index in [1.165, 1.54) is 0 Å². The van der Waals surface area contributed by atoms with Crippen LogP contribution in [0.2, 0.25) is 0 Å². The van der Waals surface area contributed by atoms with E-state index in [1.807, 2.05) is 0 Å². The topological polar surface area (TPSA) is 74.6 Å². The van der Waals surface area contributed by atoms with Crippen LogP contribution >= 0.6 is 0 Å². The molecule has 1 aromatic heterocycles. The first-order valence-electron chi connectivity index (χ1n) is 5.72. The van der Waals surface area contributed by atoms with Gasteiger partial charge in [0.05, 0.1) is 5.71 Å². The maximum Gasteiger partial charge on any atom is 0.289 e. The molecule has 0 aliphatic heterocycles. The molecule has 19 heavy (non-hydrogen) atoms. The van der Waals surface area contributed by atoms with Crippen molar-refractivity contribution in [2.75, 3.05) is 0 Å². The van der Waals surface area contributed by atoms with E-state index in [9.17, 15) is 9.90 Å². The van der Waals surface area contributed by atoms with E-state index in [1.54, 1.807) is 55.6 Å². The van der Waals surface area contributed by atoms with Crippen molar-refractivity contribution in [1.82, 2.24) is 10.4 Å². The van der Waals surface area contributed by atoms with Gasteiger partial charge in [0.1, 0.15) is 11.4 Å². The molecule has 1 aromatic carbocycles.